The topological polar surface area (TPSA) is 76.1 Å². The van der Waals surface area contributed by atoms with Gasteiger partial charge in [0.2, 0.25) is 0 Å². The summed E-state index contributed by atoms with van der Waals surface area (Å²) in [5.74, 6) is -0.334. The highest BCUT2D eigenvalue weighted by molar-refractivity contribution is 6.51. The Morgan fingerprint density at radius 3 is 2.14 bits per heavy atom. The van der Waals surface area contributed by atoms with Gasteiger partial charge in [-0.25, -0.2) is 0 Å². The van der Waals surface area contributed by atoms with E-state index in [0.29, 0.717) is 29.4 Å². The number of nitrogens with zero attached hydrogens (tertiary/aromatic N) is 1. The van der Waals surface area contributed by atoms with E-state index in [4.69, 9.17) is 9.47 Å². The molecule has 0 bridgehead atoms. The van der Waals surface area contributed by atoms with E-state index in [1.54, 1.807) is 42.5 Å². The highest BCUT2D eigenvalue weighted by Gasteiger charge is 2.47. The van der Waals surface area contributed by atoms with Gasteiger partial charge in [-0.3, -0.25) is 14.5 Å². The second kappa shape index (κ2) is 12.4. The largest absolute Gasteiger partial charge is 0.507 e. The molecule has 1 fully saturated rings. The van der Waals surface area contributed by atoms with Crippen LogP contribution in [0.5, 0.6) is 11.5 Å². The number of Topliss-reactive ketones (excluding diaryl/α,β-unsaturated/α-hetero) is 1. The molecule has 6 heteroatoms. The van der Waals surface area contributed by atoms with Gasteiger partial charge >= 0.3 is 0 Å². The summed E-state index contributed by atoms with van der Waals surface area (Å²) in [4.78, 5) is 28.8. The molecule has 226 valence electrons. The van der Waals surface area contributed by atoms with Crippen molar-refractivity contribution in [2.24, 2.45) is 0 Å². The van der Waals surface area contributed by atoms with E-state index in [2.05, 4.69) is 20.8 Å². The Balaban J connectivity index is 1.56. The van der Waals surface area contributed by atoms with Gasteiger partial charge < -0.3 is 14.6 Å². The van der Waals surface area contributed by atoms with Gasteiger partial charge in [0.15, 0.2) is 0 Å². The van der Waals surface area contributed by atoms with Crippen LogP contribution in [-0.4, -0.2) is 22.9 Å². The highest BCUT2D eigenvalue weighted by Crippen LogP contribution is 2.43. The molecular weight excluding hydrogens is 550 g/mol. The third-order valence-corrected chi connectivity index (χ3v) is 7.71. The minimum Gasteiger partial charge on any atom is -0.507 e. The third-order valence-electron chi connectivity index (χ3n) is 7.71. The number of hydrogen-bond donors (Lipinski definition) is 1. The summed E-state index contributed by atoms with van der Waals surface area (Å²) < 4.78 is 11.8. The number of aliphatic hydroxyl groups excluding tert-OH is 1. The lowest BCUT2D eigenvalue weighted by Gasteiger charge is -2.27. The number of ether oxygens (including phenoxy) is 2. The molecule has 0 saturated carbocycles. The van der Waals surface area contributed by atoms with E-state index >= 15 is 0 Å². The summed E-state index contributed by atoms with van der Waals surface area (Å²) in [7, 11) is 0. The first kappa shape index (κ1) is 30.6. The van der Waals surface area contributed by atoms with E-state index in [1.807, 2.05) is 75.4 Å². The molecule has 1 aliphatic rings. The first-order valence-electron chi connectivity index (χ1n) is 14.9. The van der Waals surface area contributed by atoms with E-state index in [0.717, 1.165) is 22.3 Å². The summed E-state index contributed by atoms with van der Waals surface area (Å²) in [6.07, 6.45) is -0.00464. The molecule has 1 aliphatic heterocycles. The SMILES string of the molecule is Cc1cc(/C(O)=C2/C(=O)C(=O)N(c3ccc(OC(C)C)cc3)C2c2ccc(C(C)(C)C)cc2)ccc1OCc1ccccc1. The maximum atomic E-state index is 13.7. The molecule has 1 unspecified atom stereocenters. The lowest BCUT2D eigenvalue weighted by Crippen LogP contribution is -2.29. The molecular formula is C38H39NO5. The zero-order chi connectivity index (χ0) is 31.6. The number of anilines is 1. The predicted molar refractivity (Wildman–Crippen MR) is 174 cm³/mol. The molecule has 4 aromatic rings. The van der Waals surface area contributed by atoms with Crippen LogP contribution in [0.3, 0.4) is 0 Å². The standard InChI is InChI=1S/C38H39NO5/c1-24(2)44-31-19-17-30(18-20-31)39-34(27-12-15-29(16-13-27)38(4,5)6)33(36(41)37(39)42)35(40)28-14-21-32(25(3)22-28)43-23-26-10-8-7-9-11-26/h7-22,24,34,40H,23H2,1-6H3/b35-33-. The number of aliphatic hydroxyl groups is 1. The van der Waals surface area contributed by atoms with Crippen LogP contribution in [0.4, 0.5) is 5.69 Å². The van der Waals surface area contributed by atoms with Crippen molar-refractivity contribution in [1.82, 2.24) is 0 Å². The van der Waals surface area contributed by atoms with Crippen LogP contribution in [0, 0.1) is 6.92 Å². The average molecular weight is 590 g/mol. The number of benzene rings is 4. The number of hydrogen-bond acceptors (Lipinski definition) is 5. The van der Waals surface area contributed by atoms with Crippen LogP contribution >= 0.6 is 0 Å². The van der Waals surface area contributed by atoms with Gasteiger partial charge in [-0.05, 0) is 90.9 Å². The van der Waals surface area contributed by atoms with Gasteiger partial charge in [0.1, 0.15) is 23.9 Å². The molecule has 0 aliphatic carbocycles. The van der Waals surface area contributed by atoms with Crippen molar-refractivity contribution >= 4 is 23.1 Å². The minimum atomic E-state index is -0.824. The molecule has 1 heterocycles. The summed E-state index contributed by atoms with van der Waals surface area (Å²) in [6, 6.07) is 29.3. The van der Waals surface area contributed by atoms with Crippen LogP contribution < -0.4 is 14.4 Å². The molecule has 1 atom stereocenters. The van der Waals surface area contributed by atoms with Gasteiger partial charge in [0.05, 0.1) is 17.7 Å². The second-order valence-electron chi connectivity index (χ2n) is 12.5. The molecule has 1 saturated heterocycles. The predicted octanol–water partition coefficient (Wildman–Crippen LogP) is 8.29. The van der Waals surface area contributed by atoms with Crippen LogP contribution in [0.1, 0.15) is 68.5 Å². The van der Waals surface area contributed by atoms with E-state index in [9.17, 15) is 14.7 Å². The molecule has 1 N–H and O–H groups in total. The molecule has 1 amide bonds. The average Bonchev–Trinajstić information content (AvgIpc) is 3.26. The molecule has 6 nitrogen and oxygen atoms in total. The van der Waals surface area contributed by atoms with Crippen LogP contribution in [-0.2, 0) is 21.6 Å². The Morgan fingerprint density at radius 2 is 1.55 bits per heavy atom. The van der Waals surface area contributed by atoms with Gasteiger partial charge in [-0.1, -0.05) is 75.4 Å². The number of carbonyl (C=O) groups is 2. The molecule has 0 spiro atoms. The summed E-state index contributed by atoms with van der Waals surface area (Å²) in [5.41, 5.74) is 4.62. The van der Waals surface area contributed by atoms with E-state index in [1.165, 1.54) is 4.90 Å². The van der Waals surface area contributed by atoms with Gasteiger partial charge in [0.25, 0.3) is 11.7 Å². The van der Waals surface area contributed by atoms with Crippen molar-refractivity contribution < 1.29 is 24.2 Å². The van der Waals surface area contributed by atoms with E-state index < -0.39 is 17.7 Å². The van der Waals surface area contributed by atoms with Gasteiger partial charge in [0, 0.05) is 11.3 Å². The molecule has 44 heavy (non-hydrogen) atoms. The number of ketones is 1. The zero-order valence-electron chi connectivity index (χ0n) is 26.1. The van der Waals surface area contributed by atoms with Crippen LogP contribution in [0.2, 0.25) is 0 Å². The Hall–Kier alpha value is -4.84. The quantitative estimate of drug-likeness (QED) is 0.127. The molecule has 4 aromatic carbocycles. The summed E-state index contributed by atoms with van der Waals surface area (Å²) in [6.45, 7) is 12.6. The van der Waals surface area contributed by atoms with Crippen molar-refractivity contribution in [2.45, 2.75) is 65.7 Å². The Bertz CT molecular complexity index is 1680. The molecule has 0 radical (unpaired) electrons. The van der Waals surface area contributed by atoms with Crippen molar-refractivity contribution in [3.8, 4) is 11.5 Å². The van der Waals surface area contributed by atoms with Crippen LogP contribution in [0.15, 0.2) is 103 Å². The number of amides is 1. The summed E-state index contributed by atoms with van der Waals surface area (Å²) >= 11 is 0. The summed E-state index contributed by atoms with van der Waals surface area (Å²) in [5, 5.41) is 11.7. The number of carbonyl (C=O) groups excluding carboxylic acids is 2. The first-order valence-corrected chi connectivity index (χ1v) is 14.9. The van der Waals surface area contributed by atoms with Crippen molar-refractivity contribution in [1.29, 1.82) is 0 Å². The fourth-order valence-corrected chi connectivity index (χ4v) is 5.39. The van der Waals surface area contributed by atoms with Crippen molar-refractivity contribution in [3.63, 3.8) is 0 Å². The Morgan fingerprint density at radius 1 is 0.886 bits per heavy atom. The maximum Gasteiger partial charge on any atom is 0.300 e. The smallest absolute Gasteiger partial charge is 0.300 e. The Kier molecular flexibility index (Phi) is 8.63. The third kappa shape index (κ3) is 6.40. The monoisotopic (exact) mass is 589 g/mol. The Labute approximate surface area is 259 Å². The normalized spacial score (nSPS) is 16.4. The molecule has 5 rings (SSSR count). The van der Waals surface area contributed by atoms with Gasteiger partial charge in [-0.2, -0.15) is 0 Å². The minimum absolute atomic E-state index is 0.00464. The highest BCUT2D eigenvalue weighted by atomic mass is 16.5. The van der Waals surface area contributed by atoms with Crippen LogP contribution in [0.25, 0.3) is 5.76 Å². The fraction of sp³-hybridized carbons (Fsp3) is 0.263. The van der Waals surface area contributed by atoms with Gasteiger partial charge in [-0.15, -0.1) is 0 Å². The van der Waals surface area contributed by atoms with E-state index in [-0.39, 0.29) is 22.9 Å². The zero-order valence-corrected chi connectivity index (χ0v) is 26.1. The van der Waals surface area contributed by atoms with Crippen molar-refractivity contribution in [2.75, 3.05) is 4.90 Å². The molecule has 0 aromatic heterocycles. The number of rotatable bonds is 8. The fourth-order valence-electron chi connectivity index (χ4n) is 5.39. The first-order chi connectivity index (χ1) is 20.9. The lowest BCUT2D eigenvalue weighted by atomic mass is 9.85. The maximum absolute atomic E-state index is 13.7. The van der Waals surface area contributed by atoms with Crippen molar-refractivity contribution in [3.05, 3.63) is 130 Å². The number of aryl methyl sites for hydroxylation is 1. The second-order valence-corrected chi connectivity index (χ2v) is 12.5. The lowest BCUT2D eigenvalue weighted by molar-refractivity contribution is -0.132.